The number of nitrogens with one attached hydrogen (secondary N) is 1. The van der Waals surface area contributed by atoms with Crippen molar-refractivity contribution >= 4 is 5.91 Å². The second-order valence-electron chi connectivity index (χ2n) is 13.2. The van der Waals surface area contributed by atoms with Gasteiger partial charge in [0.2, 0.25) is 5.91 Å². The molecule has 46 heavy (non-hydrogen) atoms. The van der Waals surface area contributed by atoms with Gasteiger partial charge >= 0.3 is 0 Å². The Morgan fingerprint density at radius 3 is 1.39 bits per heavy atom. The molecule has 1 amide bonds. The number of hydrogen-bond acceptors (Lipinski definition) is 4. The normalized spacial score (nSPS) is 14.3. The summed E-state index contributed by atoms with van der Waals surface area (Å²) in [5, 5.41) is 33.0. The number of carbonyl (C=O) groups is 1. The van der Waals surface area contributed by atoms with Gasteiger partial charge in [0.05, 0.1) is 31.3 Å². The van der Waals surface area contributed by atoms with Gasteiger partial charge in [0.1, 0.15) is 0 Å². The SMILES string of the molecule is CCCCCCCCC/C=C\CCCCCC(O)CC(=O)NC(CO)C(O)/C=C/CC/C=C/CC/C=C/CCCCCCCCC. The summed E-state index contributed by atoms with van der Waals surface area (Å²) < 4.78 is 0. The summed E-state index contributed by atoms with van der Waals surface area (Å²) >= 11 is 0. The minimum absolute atomic E-state index is 0.00953. The van der Waals surface area contributed by atoms with Gasteiger partial charge in [-0.25, -0.2) is 0 Å². The van der Waals surface area contributed by atoms with Gasteiger partial charge in [-0.3, -0.25) is 4.79 Å². The van der Waals surface area contributed by atoms with Crippen LogP contribution in [0.5, 0.6) is 0 Å². The maximum atomic E-state index is 12.4. The van der Waals surface area contributed by atoms with Gasteiger partial charge in [0.25, 0.3) is 0 Å². The summed E-state index contributed by atoms with van der Waals surface area (Å²) in [6, 6.07) is -0.771. The molecule has 0 radical (unpaired) electrons. The van der Waals surface area contributed by atoms with E-state index in [0.717, 1.165) is 51.4 Å². The fourth-order valence-electron chi connectivity index (χ4n) is 5.54. The number of allylic oxidation sites excluding steroid dienone is 7. The van der Waals surface area contributed by atoms with E-state index < -0.39 is 18.2 Å². The second-order valence-corrected chi connectivity index (χ2v) is 13.2. The molecule has 0 fully saturated rings. The lowest BCUT2D eigenvalue weighted by molar-refractivity contribution is -0.124. The third-order valence-corrected chi connectivity index (χ3v) is 8.57. The molecule has 0 saturated heterocycles. The summed E-state index contributed by atoms with van der Waals surface area (Å²) in [6.07, 6.45) is 45.2. The first-order valence-electron chi connectivity index (χ1n) is 19.4. The van der Waals surface area contributed by atoms with Crippen molar-refractivity contribution < 1.29 is 20.1 Å². The predicted molar refractivity (Wildman–Crippen MR) is 199 cm³/mol. The average Bonchev–Trinajstić information content (AvgIpc) is 3.05. The number of aliphatic hydroxyl groups is 3. The van der Waals surface area contributed by atoms with Gasteiger partial charge in [0, 0.05) is 0 Å². The Kier molecular flexibility index (Phi) is 34.8. The third-order valence-electron chi connectivity index (χ3n) is 8.57. The Labute approximate surface area is 285 Å². The quantitative estimate of drug-likeness (QED) is 0.0414. The van der Waals surface area contributed by atoms with Gasteiger partial charge in [-0.15, -0.1) is 0 Å². The Morgan fingerprint density at radius 2 is 0.935 bits per heavy atom. The van der Waals surface area contributed by atoms with Crippen LogP contribution in [0.4, 0.5) is 0 Å². The lowest BCUT2D eigenvalue weighted by atomic mass is 10.1. The van der Waals surface area contributed by atoms with Crippen molar-refractivity contribution in [2.45, 2.75) is 199 Å². The molecule has 0 aromatic heterocycles. The van der Waals surface area contributed by atoms with Gasteiger partial charge in [-0.1, -0.05) is 152 Å². The van der Waals surface area contributed by atoms with Crippen molar-refractivity contribution in [3.8, 4) is 0 Å². The van der Waals surface area contributed by atoms with Crippen molar-refractivity contribution in [2.24, 2.45) is 0 Å². The molecule has 0 heterocycles. The van der Waals surface area contributed by atoms with Crippen LogP contribution in [0.3, 0.4) is 0 Å². The summed E-state index contributed by atoms with van der Waals surface area (Å²) in [4.78, 5) is 12.4. The van der Waals surface area contributed by atoms with Gasteiger partial charge in [-0.2, -0.15) is 0 Å². The molecule has 0 aliphatic heterocycles. The van der Waals surface area contributed by atoms with E-state index in [4.69, 9.17) is 0 Å². The number of rotatable bonds is 34. The van der Waals surface area contributed by atoms with Crippen LogP contribution in [0, 0.1) is 0 Å². The van der Waals surface area contributed by atoms with E-state index in [2.05, 4.69) is 55.6 Å². The monoisotopic (exact) mass is 646 g/mol. The first-order valence-corrected chi connectivity index (χ1v) is 19.4. The predicted octanol–water partition coefficient (Wildman–Crippen LogP) is 10.6. The highest BCUT2D eigenvalue weighted by Crippen LogP contribution is 2.12. The molecule has 0 aliphatic rings. The lowest BCUT2D eigenvalue weighted by Gasteiger charge is -2.20. The number of carbonyl (C=O) groups excluding carboxylic acids is 1. The molecule has 0 aliphatic carbocycles. The van der Waals surface area contributed by atoms with Crippen molar-refractivity contribution in [1.29, 1.82) is 0 Å². The fraction of sp³-hybridized carbons (Fsp3) is 0.780. The van der Waals surface area contributed by atoms with E-state index in [-0.39, 0.29) is 18.9 Å². The Hall–Kier alpha value is -1.69. The number of amides is 1. The molecule has 0 rings (SSSR count). The van der Waals surface area contributed by atoms with Crippen LogP contribution in [-0.2, 0) is 4.79 Å². The van der Waals surface area contributed by atoms with Crippen LogP contribution >= 0.6 is 0 Å². The molecule has 3 atom stereocenters. The zero-order valence-corrected chi connectivity index (χ0v) is 30.2. The highest BCUT2D eigenvalue weighted by atomic mass is 16.3. The van der Waals surface area contributed by atoms with E-state index >= 15 is 0 Å². The maximum absolute atomic E-state index is 12.4. The summed E-state index contributed by atoms with van der Waals surface area (Å²) in [5.74, 6) is -0.341. The molecule has 0 aromatic carbocycles. The third kappa shape index (κ3) is 32.3. The highest BCUT2D eigenvalue weighted by Gasteiger charge is 2.20. The minimum atomic E-state index is -0.963. The lowest BCUT2D eigenvalue weighted by Crippen LogP contribution is -2.45. The zero-order chi connectivity index (χ0) is 33.8. The molecule has 0 saturated carbocycles. The number of unbranched alkanes of at least 4 members (excludes halogenated alkanes) is 19. The molecule has 268 valence electrons. The van der Waals surface area contributed by atoms with Crippen LogP contribution in [-0.4, -0.2) is 46.1 Å². The van der Waals surface area contributed by atoms with Gasteiger partial charge < -0.3 is 20.6 Å². The molecule has 4 N–H and O–H groups in total. The summed E-state index contributed by atoms with van der Waals surface area (Å²) in [5.41, 5.74) is 0. The minimum Gasteiger partial charge on any atom is -0.394 e. The van der Waals surface area contributed by atoms with E-state index in [1.54, 1.807) is 6.08 Å². The summed E-state index contributed by atoms with van der Waals surface area (Å²) in [7, 11) is 0. The first-order chi connectivity index (χ1) is 22.5. The van der Waals surface area contributed by atoms with E-state index in [0.29, 0.717) is 6.42 Å². The van der Waals surface area contributed by atoms with Crippen LogP contribution in [0.1, 0.15) is 181 Å². The number of aliphatic hydroxyl groups excluding tert-OH is 3. The fourth-order valence-corrected chi connectivity index (χ4v) is 5.54. The molecule has 5 heteroatoms. The van der Waals surface area contributed by atoms with Crippen molar-refractivity contribution in [3.63, 3.8) is 0 Å². The standard InChI is InChI=1S/C41H75NO4/c1-3-5-7-9-11-13-15-17-19-20-21-23-25-27-29-31-33-35-40(45)39(37-43)42-41(46)36-38(44)34-32-30-28-26-24-22-18-16-14-12-10-8-6-4-2/h19-20,22,24-25,27,33,35,38-40,43-45H,3-18,21,23,26,28-32,34,36-37H2,1-2H3,(H,42,46)/b20-19+,24-22-,27-25+,35-33+. The van der Waals surface area contributed by atoms with Gasteiger partial charge in [-0.05, 0) is 70.6 Å². The van der Waals surface area contributed by atoms with Crippen molar-refractivity contribution in [2.75, 3.05) is 6.61 Å². The summed E-state index contributed by atoms with van der Waals surface area (Å²) in [6.45, 7) is 4.16. The smallest absolute Gasteiger partial charge is 0.222 e. The molecule has 0 bridgehead atoms. The van der Waals surface area contributed by atoms with Crippen LogP contribution in [0.25, 0.3) is 0 Å². The largest absolute Gasteiger partial charge is 0.394 e. The van der Waals surface area contributed by atoms with Gasteiger partial charge in [0.15, 0.2) is 0 Å². The van der Waals surface area contributed by atoms with Crippen LogP contribution in [0.15, 0.2) is 48.6 Å². The molecule has 0 spiro atoms. The zero-order valence-electron chi connectivity index (χ0n) is 30.2. The highest BCUT2D eigenvalue weighted by molar-refractivity contribution is 5.76. The molecular weight excluding hydrogens is 570 g/mol. The average molecular weight is 646 g/mol. The van der Waals surface area contributed by atoms with Crippen LogP contribution in [0.2, 0.25) is 0 Å². The van der Waals surface area contributed by atoms with E-state index in [9.17, 15) is 20.1 Å². The Balaban J connectivity index is 3.84. The van der Waals surface area contributed by atoms with E-state index in [1.807, 2.05) is 6.08 Å². The second kappa shape index (κ2) is 36.2. The van der Waals surface area contributed by atoms with Crippen molar-refractivity contribution in [3.05, 3.63) is 48.6 Å². The maximum Gasteiger partial charge on any atom is 0.222 e. The van der Waals surface area contributed by atoms with Crippen molar-refractivity contribution in [1.82, 2.24) is 5.32 Å². The topological polar surface area (TPSA) is 89.8 Å². The molecule has 3 unspecified atom stereocenters. The molecule has 0 aromatic rings. The Bertz CT molecular complexity index is 760. The number of hydrogen-bond donors (Lipinski definition) is 4. The van der Waals surface area contributed by atoms with E-state index in [1.165, 1.54) is 103 Å². The Morgan fingerprint density at radius 1 is 0.543 bits per heavy atom. The first kappa shape index (κ1) is 44.3. The van der Waals surface area contributed by atoms with Crippen LogP contribution < -0.4 is 5.32 Å². The molecule has 5 nitrogen and oxygen atoms in total. The molecular formula is C41H75NO4.